The van der Waals surface area contributed by atoms with Gasteiger partial charge in [-0.15, -0.1) is 0 Å². The fourth-order valence-electron chi connectivity index (χ4n) is 2.95. The van der Waals surface area contributed by atoms with Gasteiger partial charge in [0.2, 0.25) is 11.8 Å². The van der Waals surface area contributed by atoms with E-state index < -0.39 is 5.97 Å². The van der Waals surface area contributed by atoms with Crippen molar-refractivity contribution in [2.45, 2.75) is 38.5 Å². The number of carbonyl (C=O) groups is 3. The Balaban J connectivity index is 1.70. The minimum Gasteiger partial charge on any atom is -0.481 e. The van der Waals surface area contributed by atoms with Crippen LogP contribution < -0.4 is 0 Å². The number of nitrogens with zero attached hydrogens (tertiary/aromatic N) is 2. The third-order valence-electron chi connectivity index (χ3n) is 4.17. The molecule has 2 saturated heterocycles. The number of hydrogen-bond acceptors (Lipinski definition) is 3. The molecule has 0 aliphatic carbocycles. The summed E-state index contributed by atoms with van der Waals surface area (Å²) >= 11 is 0. The van der Waals surface area contributed by atoms with Crippen molar-refractivity contribution >= 4 is 17.8 Å². The molecule has 20 heavy (non-hydrogen) atoms. The zero-order valence-electron chi connectivity index (χ0n) is 11.7. The number of carbonyl (C=O) groups excluding carboxylic acids is 2. The molecule has 2 fully saturated rings. The molecular weight excluding hydrogens is 260 g/mol. The Morgan fingerprint density at radius 3 is 2.40 bits per heavy atom. The van der Waals surface area contributed by atoms with E-state index in [4.69, 9.17) is 5.11 Å². The second-order valence-electron chi connectivity index (χ2n) is 5.66. The lowest BCUT2D eigenvalue weighted by atomic mass is 9.96. The smallest absolute Gasteiger partial charge is 0.303 e. The van der Waals surface area contributed by atoms with Crippen molar-refractivity contribution in [2.75, 3.05) is 26.2 Å². The van der Waals surface area contributed by atoms with Crippen molar-refractivity contribution < 1.29 is 19.5 Å². The summed E-state index contributed by atoms with van der Waals surface area (Å²) < 4.78 is 0. The minimum absolute atomic E-state index is 0.0666. The fraction of sp³-hybridized carbons (Fsp3) is 0.786. The maximum Gasteiger partial charge on any atom is 0.303 e. The summed E-state index contributed by atoms with van der Waals surface area (Å²) in [7, 11) is 0. The molecule has 2 amide bonds. The summed E-state index contributed by atoms with van der Waals surface area (Å²) in [5.74, 6) is -0.269. The van der Waals surface area contributed by atoms with Crippen LogP contribution >= 0.6 is 0 Å². The number of amides is 2. The molecule has 0 saturated carbocycles. The lowest BCUT2D eigenvalue weighted by molar-refractivity contribution is -0.141. The molecule has 1 N–H and O–H groups in total. The normalized spacial score (nSPS) is 20.5. The number of piperidine rings is 1. The summed E-state index contributed by atoms with van der Waals surface area (Å²) in [6.45, 7) is 3.06. The van der Waals surface area contributed by atoms with Crippen molar-refractivity contribution in [1.29, 1.82) is 0 Å². The van der Waals surface area contributed by atoms with Gasteiger partial charge in [-0.3, -0.25) is 14.4 Å². The van der Waals surface area contributed by atoms with Gasteiger partial charge in [0.05, 0.1) is 6.42 Å². The molecular formula is C14H22N2O4. The van der Waals surface area contributed by atoms with Gasteiger partial charge in [-0.05, 0) is 25.2 Å². The third-order valence-corrected chi connectivity index (χ3v) is 4.17. The Hall–Kier alpha value is -1.59. The third kappa shape index (κ3) is 3.95. The number of carboxylic acids is 1. The maximum atomic E-state index is 11.8. The summed E-state index contributed by atoms with van der Waals surface area (Å²) in [6, 6.07) is 0. The van der Waals surface area contributed by atoms with Crippen LogP contribution in [0.3, 0.4) is 0 Å². The maximum absolute atomic E-state index is 11.8. The first-order valence-electron chi connectivity index (χ1n) is 7.33. The minimum atomic E-state index is -0.930. The number of aliphatic carboxylic acids is 1. The Labute approximate surface area is 118 Å². The average molecular weight is 282 g/mol. The lowest BCUT2D eigenvalue weighted by Crippen LogP contribution is -2.41. The van der Waals surface area contributed by atoms with Crippen molar-refractivity contribution in [3.63, 3.8) is 0 Å². The molecule has 0 unspecified atom stereocenters. The summed E-state index contributed by atoms with van der Waals surface area (Å²) in [6.07, 6.45) is 3.44. The van der Waals surface area contributed by atoms with E-state index in [1.807, 2.05) is 4.90 Å². The van der Waals surface area contributed by atoms with Crippen LogP contribution in [0.15, 0.2) is 0 Å². The molecule has 112 valence electrons. The molecule has 2 rings (SSSR count). The highest BCUT2D eigenvalue weighted by atomic mass is 16.4. The Morgan fingerprint density at radius 2 is 1.85 bits per heavy atom. The van der Waals surface area contributed by atoms with Crippen molar-refractivity contribution in [2.24, 2.45) is 5.92 Å². The quantitative estimate of drug-likeness (QED) is 0.805. The van der Waals surface area contributed by atoms with E-state index in [2.05, 4.69) is 0 Å². The fourth-order valence-corrected chi connectivity index (χ4v) is 2.95. The number of carboxylic acid groups (broad SMARTS) is 1. The second kappa shape index (κ2) is 6.72. The van der Waals surface area contributed by atoms with Gasteiger partial charge in [0.25, 0.3) is 0 Å². The van der Waals surface area contributed by atoms with Crippen LogP contribution in [0.25, 0.3) is 0 Å². The Bertz CT molecular complexity index is 389. The van der Waals surface area contributed by atoms with Crippen molar-refractivity contribution in [3.05, 3.63) is 0 Å². The molecule has 0 aromatic rings. The average Bonchev–Trinajstić information content (AvgIpc) is 2.82. The van der Waals surface area contributed by atoms with E-state index in [1.54, 1.807) is 4.90 Å². The SMILES string of the molecule is O=C(O)CCC(=O)N1CCC(CN2CCCC2=O)CC1. The molecule has 0 bridgehead atoms. The predicted molar refractivity (Wildman–Crippen MR) is 72.0 cm³/mol. The van der Waals surface area contributed by atoms with E-state index >= 15 is 0 Å². The summed E-state index contributed by atoms with van der Waals surface area (Å²) in [5.41, 5.74) is 0. The van der Waals surface area contributed by atoms with E-state index in [-0.39, 0.29) is 24.7 Å². The molecule has 0 aromatic carbocycles. The van der Waals surface area contributed by atoms with E-state index in [1.165, 1.54) is 0 Å². The van der Waals surface area contributed by atoms with E-state index in [0.29, 0.717) is 25.4 Å². The molecule has 0 atom stereocenters. The van der Waals surface area contributed by atoms with Gasteiger partial charge < -0.3 is 14.9 Å². The monoisotopic (exact) mass is 282 g/mol. The van der Waals surface area contributed by atoms with Crippen LogP contribution in [-0.4, -0.2) is 58.9 Å². The highest BCUT2D eigenvalue weighted by molar-refractivity contribution is 5.80. The highest BCUT2D eigenvalue weighted by Gasteiger charge is 2.27. The van der Waals surface area contributed by atoms with Gasteiger partial charge in [-0.25, -0.2) is 0 Å². The van der Waals surface area contributed by atoms with Crippen LogP contribution in [0.1, 0.15) is 38.5 Å². The number of likely N-dealkylation sites (tertiary alicyclic amines) is 2. The van der Waals surface area contributed by atoms with Gasteiger partial charge in [0, 0.05) is 39.0 Å². The Kier molecular flexibility index (Phi) is 4.98. The molecule has 6 heteroatoms. The summed E-state index contributed by atoms with van der Waals surface area (Å²) in [4.78, 5) is 37.5. The van der Waals surface area contributed by atoms with Crippen LogP contribution in [0.2, 0.25) is 0 Å². The molecule has 0 spiro atoms. The van der Waals surface area contributed by atoms with Gasteiger partial charge in [-0.1, -0.05) is 0 Å². The van der Waals surface area contributed by atoms with Crippen molar-refractivity contribution in [1.82, 2.24) is 9.80 Å². The first kappa shape index (κ1) is 14.8. The van der Waals surface area contributed by atoms with Gasteiger partial charge >= 0.3 is 5.97 Å². The molecule has 0 radical (unpaired) electrons. The van der Waals surface area contributed by atoms with E-state index in [9.17, 15) is 14.4 Å². The molecule has 0 aromatic heterocycles. The van der Waals surface area contributed by atoms with Crippen molar-refractivity contribution in [3.8, 4) is 0 Å². The Morgan fingerprint density at radius 1 is 1.15 bits per heavy atom. The van der Waals surface area contributed by atoms with Crippen LogP contribution in [0, 0.1) is 5.92 Å². The zero-order chi connectivity index (χ0) is 14.5. The largest absolute Gasteiger partial charge is 0.481 e. The highest BCUT2D eigenvalue weighted by Crippen LogP contribution is 2.21. The molecule has 2 aliphatic heterocycles. The second-order valence-corrected chi connectivity index (χ2v) is 5.66. The first-order valence-corrected chi connectivity index (χ1v) is 7.33. The van der Waals surface area contributed by atoms with Gasteiger partial charge in [0.1, 0.15) is 0 Å². The van der Waals surface area contributed by atoms with Crippen LogP contribution in [0.5, 0.6) is 0 Å². The summed E-state index contributed by atoms with van der Waals surface area (Å²) in [5, 5.41) is 8.58. The lowest BCUT2D eigenvalue weighted by Gasteiger charge is -2.33. The number of hydrogen-bond donors (Lipinski definition) is 1. The first-order chi connectivity index (χ1) is 9.56. The number of rotatable bonds is 5. The van der Waals surface area contributed by atoms with Gasteiger partial charge in [-0.2, -0.15) is 0 Å². The van der Waals surface area contributed by atoms with Crippen LogP contribution in [-0.2, 0) is 14.4 Å². The molecule has 2 aliphatic rings. The predicted octanol–water partition coefficient (Wildman–Crippen LogP) is 0.712. The zero-order valence-corrected chi connectivity index (χ0v) is 11.7. The topological polar surface area (TPSA) is 77.9 Å². The van der Waals surface area contributed by atoms with Crippen LogP contribution in [0.4, 0.5) is 0 Å². The molecule has 6 nitrogen and oxygen atoms in total. The van der Waals surface area contributed by atoms with Gasteiger partial charge in [0.15, 0.2) is 0 Å². The van der Waals surface area contributed by atoms with E-state index in [0.717, 1.165) is 32.4 Å². The molecule has 2 heterocycles. The standard InChI is InChI=1S/C14H22N2O4/c17-12-2-1-7-16(12)10-11-5-8-15(9-6-11)13(18)3-4-14(19)20/h11H,1-10H2,(H,19,20).